The van der Waals surface area contributed by atoms with Gasteiger partial charge in [0.15, 0.2) is 0 Å². The van der Waals surface area contributed by atoms with Crippen molar-refractivity contribution >= 4 is 12.3 Å². The maximum absolute atomic E-state index is 13.1. The van der Waals surface area contributed by atoms with Crippen molar-refractivity contribution in [3.05, 3.63) is 22.4 Å². The fraction of sp³-hybridized carbons (Fsp3) is 0.545. The number of alkyl halides is 2. The van der Waals surface area contributed by atoms with Crippen molar-refractivity contribution in [2.75, 3.05) is 13.1 Å². The summed E-state index contributed by atoms with van der Waals surface area (Å²) >= 11 is 0. The monoisotopic (exact) mass is 286 g/mol. The van der Waals surface area contributed by atoms with E-state index in [-0.39, 0.29) is 6.54 Å². The van der Waals surface area contributed by atoms with Crippen molar-refractivity contribution in [3.8, 4) is 0 Å². The van der Waals surface area contributed by atoms with Crippen LogP contribution in [0.4, 0.5) is 8.78 Å². The van der Waals surface area contributed by atoms with Crippen LogP contribution in [0.15, 0.2) is 11.4 Å². The molecule has 7 nitrogen and oxygen atoms in total. The highest BCUT2D eigenvalue weighted by Crippen LogP contribution is 2.29. The number of aromatic nitrogens is 2. The summed E-state index contributed by atoms with van der Waals surface area (Å²) < 4.78 is 27.3. The Labute approximate surface area is 112 Å². The second-order valence-electron chi connectivity index (χ2n) is 4.48. The molecule has 20 heavy (non-hydrogen) atoms. The van der Waals surface area contributed by atoms with Crippen molar-refractivity contribution in [2.24, 2.45) is 5.18 Å². The first-order valence-corrected chi connectivity index (χ1v) is 6.01. The van der Waals surface area contributed by atoms with Crippen LogP contribution in [0.1, 0.15) is 41.4 Å². The van der Waals surface area contributed by atoms with Crippen molar-refractivity contribution in [1.82, 2.24) is 14.7 Å². The topological polar surface area (TPSA) is 84.6 Å². The van der Waals surface area contributed by atoms with Crippen molar-refractivity contribution in [3.63, 3.8) is 0 Å². The quantitative estimate of drug-likeness (QED) is 0.620. The molecule has 0 aromatic carbocycles. The number of nitrogens with zero attached hydrogens (tertiary/aromatic N) is 4. The molecule has 2 rings (SSSR count). The summed E-state index contributed by atoms with van der Waals surface area (Å²) in [5, 5.41) is 5.92. The maximum atomic E-state index is 13.1. The summed E-state index contributed by atoms with van der Waals surface area (Å²) in [6.45, 7) is 0.806. The van der Waals surface area contributed by atoms with Gasteiger partial charge in [0.25, 0.3) is 6.43 Å². The summed E-state index contributed by atoms with van der Waals surface area (Å²) in [6, 6.07) is -0.439. The Bertz CT molecular complexity index is 532. The van der Waals surface area contributed by atoms with Gasteiger partial charge in [-0.15, -0.1) is 4.91 Å². The first-order valence-electron chi connectivity index (χ1n) is 6.01. The Morgan fingerprint density at radius 1 is 1.55 bits per heavy atom. The highest BCUT2D eigenvalue weighted by Gasteiger charge is 2.30. The normalized spacial score (nSPS) is 19.1. The van der Waals surface area contributed by atoms with E-state index in [4.69, 9.17) is 0 Å². The van der Waals surface area contributed by atoms with Crippen LogP contribution in [0.25, 0.3) is 0 Å². The molecule has 2 amide bonds. The van der Waals surface area contributed by atoms with Crippen LogP contribution in [0.5, 0.6) is 0 Å². The molecular weight excluding hydrogens is 274 g/mol. The number of amides is 2. The Morgan fingerprint density at radius 2 is 2.30 bits per heavy atom. The van der Waals surface area contributed by atoms with Gasteiger partial charge in [0.1, 0.15) is 5.69 Å². The molecule has 1 aromatic rings. The Balaban J connectivity index is 2.36. The molecule has 2 heterocycles. The van der Waals surface area contributed by atoms with E-state index in [9.17, 15) is 23.3 Å². The number of halogens is 2. The second-order valence-corrected chi connectivity index (χ2v) is 4.48. The number of carbonyl (C=O) groups is 2. The largest absolute Gasteiger partial charge is 0.343 e. The Morgan fingerprint density at radius 3 is 2.90 bits per heavy atom. The molecule has 1 saturated heterocycles. The molecule has 1 atom stereocenters. The van der Waals surface area contributed by atoms with E-state index in [0.29, 0.717) is 25.8 Å². The molecule has 1 aromatic heterocycles. The molecule has 0 aliphatic carbocycles. The number of piperidine rings is 1. The van der Waals surface area contributed by atoms with E-state index in [2.05, 4.69) is 10.3 Å². The molecule has 0 radical (unpaired) electrons. The molecule has 1 aliphatic rings. The van der Waals surface area contributed by atoms with Gasteiger partial charge in [-0.05, 0) is 12.8 Å². The minimum atomic E-state index is -2.95. The number of carbonyl (C=O) groups excluding carboxylic acids is 2. The standard InChI is InChI=1S/C11H12F2N4O3/c12-10(13)9-8(11(19)15-20)4-14-17(9)7-2-1-3-16(5-7)6-18/h4,6-7,10H,1-3,5H2. The van der Waals surface area contributed by atoms with Crippen LogP contribution in [0, 0.1) is 4.91 Å². The lowest BCUT2D eigenvalue weighted by Gasteiger charge is -2.30. The first-order chi connectivity index (χ1) is 9.58. The van der Waals surface area contributed by atoms with Crippen LogP contribution in [0.3, 0.4) is 0 Å². The van der Waals surface area contributed by atoms with E-state index in [0.717, 1.165) is 10.9 Å². The van der Waals surface area contributed by atoms with Gasteiger partial charge in [0, 0.05) is 18.3 Å². The summed E-state index contributed by atoms with van der Waals surface area (Å²) in [6.07, 6.45) is -0.165. The van der Waals surface area contributed by atoms with Crippen LogP contribution in [0.2, 0.25) is 0 Å². The van der Waals surface area contributed by atoms with E-state index >= 15 is 0 Å². The summed E-state index contributed by atoms with van der Waals surface area (Å²) in [5.41, 5.74) is -1.11. The van der Waals surface area contributed by atoms with Crippen LogP contribution in [-0.2, 0) is 4.79 Å². The number of hydrogen-bond acceptors (Lipinski definition) is 4. The van der Waals surface area contributed by atoms with Crippen molar-refractivity contribution in [2.45, 2.75) is 25.3 Å². The SMILES string of the molecule is O=CN1CCCC(n2ncc(C(=O)N=O)c2C(F)F)C1. The molecule has 0 N–H and O–H groups in total. The van der Waals surface area contributed by atoms with Gasteiger partial charge >= 0.3 is 5.91 Å². The molecule has 0 saturated carbocycles. The molecule has 108 valence electrons. The zero-order valence-corrected chi connectivity index (χ0v) is 10.4. The zero-order chi connectivity index (χ0) is 14.7. The van der Waals surface area contributed by atoms with Crippen LogP contribution >= 0.6 is 0 Å². The highest BCUT2D eigenvalue weighted by molar-refractivity contribution is 5.95. The molecular formula is C11H12F2N4O3. The van der Waals surface area contributed by atoms with Crippen molar-refractivity contribution < 1.29 is 18.4 Å². The number of nitroso groups, excluding NO2 is 1. The van der Waals surface area contributed by atoms with Gasteiger partial charge in [0.05, 0.1) is 17.8 Å². The molecule has 1 unspecified atom stereocenters. The third-order valence-corrected chi connectivity index (χ3v) is 3.28. The first kappa shape index (κ1) is 14.2. The van der Waals surface area contributed by atoms with Gasteiger partial charge in [-0.2, -0.15) is 5.10 Å². The fourth-order valence-corrected chi connectivity index (χ4v) is 2.37. The molecule has 9 heteroatoms. The predicted molar refractivity (Wildman–Crippen MR) is 63.2 cm³/mol. The number of rotatable bonds is 4. The summed E-state index contributed by atoms with van der Waals surface area (Å²) in [5.74, 6) is -1.27. The molecule has 1 fully saturated rings. The van der Waals surface area contributed by atoms with E-state index < -0.39 is 29.6 Å². The van der Waals surface area contributed by atoms with Gasteiger partial charge in [-0.1, -0.05) is 0 Å². The summed E-state index contributed by atoms with van der Waals surface area (Å²) in [7, 11) is 0. The molecule has 0 spiro atoms. The average molecular weight is 286 g/mol. The van der Waals surface area contributed by atoms with E-state index in [1.54, 1.807) is 0 Å². The molecule has 1 aliphatic heterocycles. The number of hydrogen-bond donors (Lipinski definition) is 0. The Kier molecular flexibility index (Phi) is 4.16. The van der Waals surface area contributed by atoms with Gasteiger partial charge in [0.2, 0.25) is 6.41 Å². The van der Waals surface area contributed by atoms with E-state index in [1.807, 2.05) is 0 Å². The Hall–Kier alpha value is -2.19. The number of likely N-dealkylation sites (tertiary alicyclic amines) is 1. The fourth-order valence-electron chi connectivity index (χ4n) is 2.37. The minimum Gasteiger partial charge on any atom is -0.343 e. The lowest BCUT2D eigenvalue weighted by Crippen LogP contribution is -2.36. The van der Waals surface area contributed by atoms with Gasteiger partial charge in [-0.3, -0.25) is 14.3 Å². The molecule has 0 bridgehead atoms. The average Bonchev–Trinajstić information content (AvgIpc) is 2.91. The lowest BCUT2D eigenvalue weighted by molar-refractivity contribution is -0.119. The smallest absolute Gasteiger partial charge is 0.320 e. The van der Waals surface area contributed by atoms with Gasteiger partial charge in [-0.25, -0.2) is 8.78 Å². The van der Waals surface area contributed by atoms with Gasteiger partial charge < -0.3 is 4.90 Å². The van der Waals surface area contributed by atoms with Crippen LogP contribution in [-0.4, -0.2) is 40.1 Å². The third kappa shape index (κ3) is 2.56. The summed E-state index contributed by atoms with van der Waals surface area (Å²) in [4.78, 5) is 33.7. The van der Waals surface area contributed by atoms with Crippen molar-refractivity contribution in [1.29, 1.82) is 0 Å². The predicted octanol–water partition coefficient (Wildman–Crippen LogP) is 1.52. The highest BCUT2D eigenvalue weighted by atomic mass is 19.3. The third-order valence-electron chi connectivity index (χ3n) is 3.28. The minimum absolute atomic E-state index is 0.243. The lowest BCUT2D eigenvalue weighted by atomic mass is 10.1. The maximum Gasteiger partial charge on any atom is 0.320 e. The van der Waals surface area contributed by atoms with E-state index in [1.165, 1.54) is 4.90 Å². The zero-order valence-electron chi connectivity index (χ0n) is 10.4. The van der Waals surface area contributed by atoms with Crippen LogP contribution < -0.4 is 0 Å². The second kappa shape index (κ2) is 5.85.